The molecule has 5 atom stereocenters. The average Bonchev–Trinajstić information content (AvgIpc) is 3.65. The summed E-state index contributed by atoms with van der Waals surface area (Å²) < 4.78 is 10.5. The second-order valence-corrected chi connectivity index (χ2v) is 10.5. The molecule has 0 aromatic heterocycles. The minimum atomic E-state index is -1.17. The van der Waals surface area contributed by atoms with Crippen molar-refractivity contribution in [3.63, 3.8) is 0 Å². The third-order valence-corrected chi connectivity index (χ3v) is 7.84. The lowest BCUT2D eigenvalue weighted by atomic mass is 9.85. The summed E-state index contributed by atoms with van der Waals surface area (Å²) in [6.07, 6.45) is 6.57. The van der Waals surface area contributed by atoms with E-state index in [0.717, 1.165) is 29.7 Å². The molecule has 1 N–H and O–H groups in total. The first-order valence-electron chi connectivity index (χ1n) is 13.7. The van der Waals surface area contributed by atoms with Crippen molar-refractivity contribution < 1.29 is 33.4 Å². The molecule has 2 aromatic carbocycles. The van der Waals surface area contributed by atoms with E-state index in [1.807, 2.05) is 49.4 Å². The normalized spacial score (nSPS) is 23.2. The minimum Gasteiger partial charge on any atom is -0.462 e. The molecule has 0 spiro atoms. The molecule has 40 heavy (non-hydrogen) atoms. The van der Waals surface area contributed by atoms with Crippen molar-refractivity contribution in [2.75, 3.05) is 18.5 Å². The molecule has 5 rings (SSSR count). The highest BCUT2D eigenvalue weighted by Gasteiger charge is 2.61. The Morgan fingerprint density at radius 2 is 1.57 bits per heavy atom. The van der Waals surface area contributed by atoms with Gasteiger partial charge in [0.15, 0.2) is 6.61 Å². The van der Waals surface area contributed by atoms with Gasteiger partial charge in [0.25, 0.3) is 5.91 Å². The third-order valence-electron chi connectivity index (χ3n) is 7.84. The molecule has 3 aliphatic rings. The van der Waals surface area contributed by atoms with Crippen LogP contribution in [-0.4, -0.2) is 53.8 Å². The number of esters is 2. The van der Waals surface area contributed by atoms with Crippen molar-refractivity contribution in [2.45, 2.75) is 38.6 Å². The predicted molar refractivity (Wildman–Crippen MR) is 145 cm³/mol. The first-order chi connectivity index (χ1) is 19.4. The zero-order valence-corrected chi connectivity index (χ0v) is 22.3. The van der Waals surface area contributed by atoms with E-state index in [4.69, 9.17) is 9.47 Å². The Labute approximate surface area is 232 Å². The van der Waals surface area contributed by atoms with E-state index in [1.54, 1.807) is 12.1 Å². The lowest BCUT2D eigenvalue weighted by Crippen LogP contribution is -2.48. The van der Waals surface area contributed by atoms with E-state index in [9.17, 15) is 24.0 Å². The summed E-state index contributed by atoms with van der Waals surface area (Å²) in [4.78, 5) is 65.8. The monoisotopic (exact) mass is 544 g/mol. The second-order valence-electron chi connectivity index (χ2n) is 10.5. The van der Waals surface area contributed by atoms with Crippen molar-refractivity contribution in [1.29, 1.82) is 0 Å². The number of benzene rings is 2. The van der Waals surface area contributed by atoms with Crippen molar-refractivity contribution in [3.05, 3.63) is 77.9 Å². The number of nitrogens with zero attached hydrogens (tertiary/aromatic N) is 1. The number of rotatable bonds is 11. The van der Waals surface area contributed by atoms with Crippen LogP contribution in [-0.2, 0) is 35.1 Å². The molecule has 3 amide bonds. The first-order valence-corrected chi connectivity index (χ1v) is 13.7. The van der Waals surface area contributed by atoms with Crippen molar-refractivity contribution in [3.8, 4) is 0 Å². The SMILES string of the molecule is CCCCOC(=O)c1ccc(NC(=O)COC(=O)[C@H](Cc2ccccc2)N2C(=O)[C@H]3[C@H](C2=O)[C@H]2C=C[C@H]3C2)cc1. The average molecular weight is 545 g/mol. The van der Waals surface area contributed by atoms with E-state index in [1.165, 1.54) is 12.1 Å². The van der Waals surface area contributed by atoms with E-state index in [0.29, 0.717) is 17.9 Å². The van der Waals surface area contributed by atoms with E-state index in [2.05, 4.69) is 5.32 Å². The molecular formula is C31H32N2O7. The van der Waals surface area contributed by atoms with Crippen LogP contribution in [0.4, 0.5) is 5.69 Å². The smallest absolute Gasteiger partial charge is 0.338 e. The molecule has 9 nitrogen and oxygen atoms in total. The molecular weight excluding hydrogens is 512 g/mol. The number of carbonyl (C=O) groups excluding carboxylic acids is 5. The van der Waals surface area contributed by atoms with Crippen LogP contribution in [0.15, 0.2) is 66.7 Å². The molecule has 208 valence electrons. The molecule has 2 bridgehead atoms. The van der Waals surface area contributed by atoms with Gasteiger partial charge in [0, 0.05) is 12.1 Å². The summed E-state index contributed by atoms with van der Waals surface area (Å²) in [6.45, 7) is 1.75. The van der Waals surface area contributed by atoms with Crippen molar-refractivity contribution >= 4 is 35.3 Å². The highest BCUT2D eigenvalue weighted by molar-refractivity contribution is 6.09. The minimum absolute atomic E-state index is 0.0141. The number of ether oxygens (including phenoxy) is 2. The van der Waals surface area contributed by atoms with Gasteiger partial charge in [0.05, 0.1) is 24.0 Å². The number of hydrogen-bond acceptors (Lipinski definition) is 7. The largest absolute Gasteiger partial charge is 0.462 e. The lowest BCUT2D eigenvalue weighted by molar-refractivity contribution is -0.160. The quantitative estimate of drug-likeness (QED) is 0.199. The standard InChI is InChI=1S/C31H32N2O7/c1-2-3-15-39-30(37)20-11-13-23(14-12-20)32-25(34)18-40-31(38)24(16-19-7-5-4-6-8-19)33-28(35)26-21-9-10-22(17-21)27(26)29(33)36/h4-14,21-22,24,26-27H,2-3,15-18H2,1H3,(H,32,34)/t21-,22-,24-,26+,27+/m0/s1. The fraction of sp³-hybridized carbons (Fsp3) is 0.387. The fourth-order valence-corrected chi connectivity index (χ4v) is 5.86. The number of amides is 3. The summed E-state index contributed by atoms with van der Waals surface area (Å²) in [5.41, 5.74) is 1.53. The predicted octanol–water partition coefficient (Wildman–Crippen LogP) is 3.54. The fourth-order valence-electron chi connectivity index (χ4n) is 5.86. The topological polar surface area (TPSA) is 119 Å². The summed E-state index contributed by atoms with van der Waals surface area (Å²) in [5.74, 6) is -3.39. The number of unbranched alkanes of at least 4 members (excludes halogenated alkanes) is 1. The number of fused-ring (bicyclic) bond motifs is 5. The molecule has 1 aliphatic heterocycles. The summed E-state index contributed by atoms with van der Waals surface area (Å²) in [6, 6.07) is 14.1. The van der Waals surface area contributed by atoms with Crippen LogP contribution >= 0.6 is 0 Å². The molecule has 1 heterocycles. The Kier molecular flexibility index (Phi) is 8.09. The van der Waals surface area contributed by atoms with Crippen LogP contribution in [0.1, 0.15) is 42.1 Å². The van der Waals surface area contributed by atoms with Crippen LogP contribution in [0, 0.1) is 23.7 Å². The van der Waals surface area contributed by atoms with E-state index in [-0.39, 0.29) is 30.1 Å². The van der Waals surface area contributed by atoms with Gasteiger partial charge in [-0.15, -0.1) is 0 Å². The van der Waals surface area contributed by atoms with Gasteiger partial charge in [0.1, 0.15) is 6.04 Å². The Balaban J connectivity index is 1.22. The number of anilines is 1. The number of nitrogens with one attached hydrogen (secondary N) is 1. The Bertz CT molecular complexity index is 1290. The van der Waals surface area contributed by atoms with Gasteiger partial charge in [0.2, 0.25) is 11.8 Å². The number of likely N-dealkylation sites (tertiary alicyclic amines) is 1. The number of carbonyl (C=O) groups is 5. The third kappa shape index (κ3) is 5.54. The lowest BCUT2D eigenvalue weighted by Gasteiger charge is -2.26. The molecule has 2 fully saturated rings. The maximum absolute atomic E-state index is 13.4. The Morgan fingerprint density at radius 3 is 2.20 bits per heavy atom. The van der Waals surface area contributed by atoms with E-state index < -0.39 is 42.3 Å². The summed E-state index contributed by atoms with van der Waals surface area (Å²) >= 11 is 0. The van der Waals surface area contributed by atoms with Crippen LogP contribution in [0.3, 0.4) is 0 Å². The maximum atomic E-state index is 13.4. The van der Waals surface area contributed by atoms with Gasteiger partial charge in [-0.05, 0) is 54.5 Å². The van der Waals surface area contributed by atoms with Gasteiger partial charge in [-0.25, -0.2) is 9.59 Å². The molecule has 1 saturated heterocycles. The van der Waals surface area contributed by atoms with Crippen molar-refractivity contribution in [1.82, 2.24) is 4.90 Å². The molecule has 2 aliphatic carbocycles. The molecule has 0 radical (unpaired) electrons. The van der Waals surface area contributed by atoms with Crippen LogP contribution in [0.5, 0.6) is 0 Å². The number of imide groups is 1. The van der Waals surface area contributed by atoms with Crippen molar-refractivity contribution in [2.24, 2.45) is 23.7 Å². The van der Waals surface area contributed by atoms with Gasteiger partial charge in [-0.1, -0.05) is 55.8 Å². The molecule has 9 heteroatoms. The Morgan fingerprint density at radius 1 is 0.925 bits per heavy atom. The number of allylic oxidation sites excluding steroid dienone is 2. The van der Waals surface area contributed by atoms with Gasteiger partial charge >= 0.3 is 11.9 Å². The summed E-state index contributed by atoms with van der Waals surface area (Å²) in [7, 11) is 0. The highest BCUT2D eigenvalue weighted by atomic mass is 16.5. The molecule has 0 unspecified atom stereocenters. The van der Waals surface area contributed by atoms with Gasteiger partial charge in [-0.2, -0.15) is 0 Å². The van der Waals surface area contributed by atoms with Gasteiger partial charge in [-0.3, -0.25) is 19.3 Å². The number of hydrogen-bond donors (Lipinski definition) is 1. The molecule has 2 aromatic rings. The van der Waals surface area contributed by atoms with Crippen LogP contribution < -0.4 is 5.32 Å². The molecule has 1 saturated carbocycles. The Hall–Kier alpha value is -4.27. The van der Waals surface area contributed by atoms with E-state index >= 15 is 0 Å². The van der Waals surface area contributed by atoms with Crippen LogP contribution in [0.25, 0.3) is 0 Å². The first kappa shape index (κ1) is 27.3. The summed E-state index contributed by atoms with van der Waals surface area (Å²) in [5, 5.41) is 2.62. The zero-order chi connectivity index (χ0) is 28.2. The second kappa shape index (κ2) is 11.9. The highest BCUT2D eigenvalue weighted by Crippen LogP contribution is 2.53. The zero-order valence-electron chi connectivity index (χ0n) is 22.3. The maximum Gasteiger partial charge on any atom is 0.338 e. The van der Waals surface area contributed by atoms with Gasteiger partial charge < -0.3 is 14.8 Å². The van der Waals surface area contributed by atoms with Crippen LogP contribution in [0.2, 0.25) is 0 Å².